The van der Waals surface area contributed by atoms with Crippen LogP contribution >= 0.6 is 27.3 Å². The van der Waals surface area contributed by atoms with Crippen LogP contribution in [0.25, 0.3) is 6.08 Å². The van der Waals surface area contributed by atoms with Gasteiger partial charge in [-0.15, -0.1) is 11.3 Å². The monoisotopic (exact) mass is 421 g/mol. The second kappa shape index (κ2) is 9.20. The highest BCUT2D eigenvalue weighted by Crippen LogP contribution is 2.35. The maximum absolute atomic E-state index is 12.2. The maximum Gasteiger partial charge on any atom is 0.268 e. The zero-order valence-corrected chi connectivity index (χ0v) is 16.1. The number of hydrogen-bond acceptors (Lipinski definition) is 6. The molecule has 0 saturated heterocycles. The fourth-order valence-electron chi connectivity index (χ4n) is 1.95. The van der Waals surface area contributed by atoms with Crippen molar-refractivity contribution in [2.45, 2.75) is 13.8 Å². The van der Waals surface area contributed by atoms with Crippen molar-refractivity contribution in [3.8, 4) is 17.6 Å². The van der Waals surface area contributed by atoms with Crippen molar-refractivity contribution in [1.82, 2.24) is 4.98 Å². The van der Waals surface area contributed by atoms with Gasteiger partial charge in [-0.1, -0.05) is 15.9 Å². The predicted octanol–water partition coefficient (Wildman–Crippen LogP) is 4.25. The van der Waals surface area contributed by atoms with E-state index in [1.165, 1.54) is 17.4 Å². The fraction of sp³-hybridized carbons (Fsp3) is 0.235. The summed E-state index contributed by atoms with van der Waals surface area (Å²) in [6.07, 6.45) is 3.07. The number of rotatable bonds is 7. The summed E-state index contributed by atoms with van der Waals surface area (Å²) in [4.78, 5) is 16.2. The molecule has 0 aliphatic heterocycles. The molecule has 0 saturated carbocycles. The Balaban J connectivity index is 2.34. The Morgan fingerprint density at radius 3 is 2.60 bits per heavy atom. The Bertz CT molecular complexity index is 813. The highest BCUT2D eigenvalue weighted by atomic mass is 79.9. The van der Waals surface area contributed by atoms with Gasteiger partial charge >= 0.3 is 0 Å². The number of nitrogens with one attached hydrogen (secondary N) is 1. The fourth-order valence-corrected chi connectivity index (χ4v) is 2.91. The SMILES string of the molecule is CCOc1cc(Br)c(/C=C(\C#N)C(=O)Nc2nccs2)cc1OCC. The van der Waals surface area contributed by atoms with Crippen LogP contribution in [0.5, 0.6) is 11.5 Å². The Labute approximate surface area is 158 Å². The summed E-state index contributed by atoms with van der Waals surface area (Å²) in [6.45, 7) is 4.73. The number of carbonyl (C=O) groups is 1. The van der Waals surface area contributed by atoms with E-state index in [0.717, 1.165) is 0 Å². The molecular formula is C17H16BrN3O3S. The molecule has 0 fully saturated rings. The molecule has 0 bridgehead atoms. The van der Waals surface area contributed by atoms with Gasteiger partial charge in [0.05, 0.1) is 13.2 Å². The Hall–Kier alpha value is -2.37. The maximum atomic E-state index is 12.2. The molecule has 0 atom stereocenters. The van der Waals surface area contributed by atoms with Gasteiger partial charge in [0, 0.05) is 16.0 Å². The van der Waals surface area contributed by atoms with E-state index in [9.17, 15) is 10.1 Å². The number of ether oxygens (including phenoxy) is 2. The van der Waals surface area contributed by atoms with Gasteiger partial charge in [-0.25, -0.2) is 4.98 Å². The lowest BCUT2D eigenvalue weighted by molar-refractivity contribution is -0.112. The Kier molecular flexibility index (Phi) is 6.98. The van der Waals surface area contributed by atoms with Gasteiger partial charge in [0.1, 0.15) is 11.6 Å². The molecule has 0 spiro atoms. The minimum absolute atomic E-state index is 0.0393. The van der Waals surface area contributed by atoms with E-state index in [1.54, 1.807) is 23.7 Å². The molecule has 0 radical (unpaired) electrons. The highest BCUT2D eigenvalue weighted by molar-refractivity contribution is 9.10. The third-order valence-electron chi connectivity index (χ3n) is 2.98. The number of hydrogen-bond donors (Lipinski definition) is 1. The average molecular weight is 422 g/mol. The molecule has 8 heteroatoms. The van der Waals surface area contributed by atoms with E-state index >= 15 is 0 Å². The minimum atomic E-state index is -0.517. The number of thiazole rings is 1. The number of nitrogens with zero attached hydrogens (tertiary/aromatic N) is 2. The molecule has 1 heterocycles. The first-order valence-electron chi connectivity index (χ1n) is 7.50. The van der Waals surface area contributed by atoms with E-state index in [1.807, 2.05) is 19.9 Å². The van der Waals surface area contributed by atoms with Gasteiger partial charge in [0.15, 0.2) is 16.6 Å². The lowest BCUT2D eigenvalue weighted by Gasteiger charge is -2.13. The summed E-state index contributed by atoms with van der Waals surface area (Å²) in [5.41, 5.74) is 0.597. The molecule has 25 heavy (non-hydrogen) atoms. The van der Waals surface area contributed by atoms with Crippen molar-refractivity contribution < 1.29 is 14.3 Å². The first kappa shape index (κ1) is 19.0. The van der Waals surface area contributed by atoms with E-state index in [-0.39, 0.29) is 5.57 Å². The van der Waals surface area contributed by atoms with Gasteiger partial charge in [0.2, 0.25) is 0 Å². The van der Waals surface area contributed by atoms with Crippen molar-refractivity contribution in [3.63, 3.8) is 0 Å². The van der Waals surface area contributed by atoms with E-state index in [2.05, 4.69) is 26.2 Å². The predicted molar refractivity (Wildman–Crippen MR) is 101 cm³/mol. The molecule has 130 valence electrons. The van der Waals surface area contributed by atoms with Crippen molar-refractivity contribution >= 4 is 44.4 Å². The number of amides is 1. The number of aromatic nitrogens is 1. The van der Waals surface area contributed by atoms with Gasteiger partial charge in [-0.3, -0.25) is 10.1 Å². The van der Waals surface area contributed by atoms with Crippen molar-refractivity contribution in [1.29, 1.82) is 5.26 Å². The third-order valence-corrected chi connectivity index (χ3v) is 4.36. The van der Waals surface area contributed by atoms with Gasteiger partial charge < -0.3 is 9.47 Å². The number of nitriles is 1. The van der Waals surface area contributed by atoms with Crippen LogP contribution in [0, 0.1) is 11.3 Å². The third kappa shape index (κ3) is 5.05. The Morgan fingerprint density at radius 2 is 2.04 bits per heavy atom. The highest BCUT2D eigenvalue weighted by Gasteiger charge is 2.14. The minimum Gasteiger partial charge on any atom is -0.490 e. The van der Waals surface area contributed by atoms with Crippen LogP contribution in [-0.2, 0) is 4.79 Å². The summed E-state index contributed by atoms with van der Waals surface area (Å²) in [5, 5.41) is 14.1. The molecule has 0 aliphatic carbocycles. The second-order valence-electron chi connectivity index (χ2n) is 4.65. The van der Waals surface area contributed by atoms with E-state index in [4.69, 9.17) is 9.47 Å². The first-order chi connectivity index (χ1) is 12.1. The summed E-state index contributed by atoms with van der Waals surface area (Å²) in [7, 11) is 0. The number of halogens is 1. The summed E-state index contributed by atoms with van der Waals surface area (Å²) >= 11 is 4.72. The summed E-state index contributed by atoms with van der Waals surface area (Å²) in [5.74, 6) is 0.631. The molecule has 0 unspecified atom stereocenters. The summed E-state index contributed by atoms with van der Waals surface area (Å²) < 4.78 is 11.8. The van der Waals surface area contributed by atoms with Gasteiger partial charge in [-0.2, -0.15) is 5.26 Å². The standard InChI is InChI=1S/C17H16BrN3O3S/c1-3-23-14-8-11(13(18)9-15(14)24-4-2)7-12(10-19)16(22)21-17-20-5-6-25-17/h5-9H,3-4H2,1-2H3,(H,20,21,22)/b12-7+. The van der Waals surface area contributed by atoms with Crippen LogP contribution in [0.4, 0.5) is 5.13 Å². The lowest BCUT2D eigenvalue weighted by atomic mass is 10.1. The zero-order chi connectivity index (χ0) is 18.2. The topological polar surface area (TPSA) is 84.2 Å². The Morgan fingerprint density at radius 1 is 1.36 bits per heavy atom. The quantitative estimate of drug-likeness (QED) is 0.533. The van der Waals surface area contributed by atoms with Crippen LogP contribution in [-0.4, -0.2) is 24.1 Å². The molecule has 6 nitrogen and oxygen atoms in total. The van der Waals surface area contributed by atoms with E-state index in [0.29, 0.717) is 39.9 Å². The number of anilines is 1. The van der Waals surface area contributed by atoms with Crippen molar-refractivity contribution in [3.05, 3.63) is 39.3 Å². The van der Waals surface area contributed by atoms with Gasteiger partial charge in [-0.05, 0) is 37.6 Å². The normalized spacial score (nSPS) is 10.9. The van der Waals surface area contributed by atoms with Crippen LogP contribution in [0.1, 0.15) is 19.4 Å². The lowest BCUT2D eigenvalue weighted by Crippen LogP contribution is -2.13. The molecule has 1 aromatic heterocycles. The van der Waals surface area contributed by atoms with Crippen LogP contribution in [0.3, 0.4) is 0 Å². The van der Waals surface area contributed by atoms with Crippen molar-refractivity contribution in [2.24, 2.45) is 0 Å². The second-order valence-corrected chi connectivity index (χ2v) is 6.40. The summed E-state index contributed by atoms with van der Waals surface area (Å²) in [6, 6.07) is 5.40. The largest absolute Gasteiger partial charge is 0.490 e. The molecule has 2 rings (SSSR count). The number of benzene rings is 1. The molecule has 2 aromatic rings. The first-order valence-corrected chi connectivity index (χ1v) is 9.18. The van der Waals surface area contributed by atoms with E-state index < -0.39 is 5.91 Å². The van der Waals surface area contributed by atoms with Crippen LogP contribution in [0.15, 0.2) is 33.8 Å². The zero-order valence-electron chi connectivity index (χ0n) is 13.7. The molecule has 1 N–H and O–H groups in total. The van der Waals surface area contributed by atoms with Crippen LogP contribution < -0.4 is 14.8 Å². The van der Waals surface area contributed by atoms with Crippen LogP contribution in [0.2, 0.25) is 0 Å². The molecule has 1 amide bonds. The molecule has 1 aromatic carbocycles. The molecule has 0 aliphatic rings. The smallest absolute Gasteiger partial charge is 0.268 e. The average Bonchev–Trinajstić information content (AvgIpc) is 3.09. The van der Waals surface area contributed by atoms with Gasteiger partial charge in [0.25, 0.3) is 5.91 Å². The number of carbonyl (C=O) groups excluding carboxylic acids is 1. The molecular weight excluding hydrogens is 406 g/mol. The van der Waals surface area contributed by atoms with Crippen molar-refractivity contribution in [2.75, 3.05) is 18.5 Å².